The summed E-state index contributed by atoms with van der Waals surface area (Å²) in [4.78, 5) is 14.5. The Kier molecular flexibility index (Phi) is 5.34. The fourth-order valence-corrected chi connectivity index (χ4v) is 2.84. The van der Waals surface area contributed by atoms with Gasteiger partial charge in [0.25, 0.3) is 0 Å². The van der Waals surface area contributed by atoms with Gasteiger partial charge in [-0.3, -0.25) is 10.1 Å². The van der Waals surface area contributed by atoms with Gasteiger partial charge in [-0.25, -0.2) is 4.39 Å². The van der Waals surface area contributed by atoms with Crippen LogP contribution in [0, 0.1) is 11.7 Å². The summed E-state index contributed by atoms with van der Waals surface area (Å²) in [5, 5.41) is 3.38. The van der Waals surface area contributed by atoms with E-state index in [1.54, 1.807) is 6.07 Å². The highest BCUT2D eigenvalue weighted by molar-refractivity contribution is 5.84. The number of halogens is 1. The summed E-state index contributed by atoms with van der Waals surface area (Å²) in [7, 11) is 0. The van der Waals surface area contributed by atoms with Crippen LogP contribution in [0.1, 0.15) is 51.8 Å². The second-order valence-corrected chi connectivity index (χ2v) is 6.19. The van der Waals surface area contributed by atoms with Crippen molar-refractivity contribution in [3.63, 3.8) is 0 Å². The molecule has 1 aliphatic rings. The molecular formula is C17H25FN2O. The maximum absolute atomic E-state index is 13.5. The number of amides is 1. The van der Waals surface area contributed by atoms with Gasteiger partial charge >= 0.3 is 0 Å². The largest absolute Gasteiger partial charge is 0.322 e. The van der Waals surface area contributed by atoms with Crippen LogP contribution >= 0.6 is 0 Å². The van der Waals surface area contributed by atoms with E-state index in [-0.39, 0.29) is 23.9 Å². The normalized spacial score (nSPS) is 22.3. The van der Waals surface area contributed by atoms with Gasteiger partial charge in [0, 0.05) is 6.54 Å². The van der Waals surface area contributed by atoms with Gasteiger partial charge in [0.05, 0.1) is 6.04 Å². The Morgan fingerprint density at radius 1 is 1.38 bits per heavy atom. The van der Waals surface area contributed by atoms with Crippen molar-refractivity contribution in [2.45, 2.75) is 52.2 Å². The molecule has 0 bridgehead atoms. The van der Waals surface area contributed by atoms with Crippen molar-refractivity contribution in [1.29, 1.82) is 0 Å². The number of hydrogen-bond donors (Lipinski definition) is 1. The molecule has 1 heterocycles. The minimum Gasteiger partial charge on any atom is -0.322 e. The standard InChI is InChI=1S/C17H25FN2O/c1-4-5-9-20-16(13-7-6-8-14(18)11-13)19-15(17(20)21)10-12(2)3/h6-8,11-12,15-16,19H,4-5,9-10H2,1-3H3. The van der Waals surface area contributed by atoms with Crippen LogP contribution in [0.3, 0.4) is 0 Å². The zero-order valence-corrected chi connectivity index (χ0v) is 13.1. The van der Waals surface area contributed by atoms with Crippen molar-refractivity contribution in [1.82, 2.24) is 10.2 Å². The predicted molar refractivity (Wildman–Crippen MR) is 82.1 cm³/mol. The van der Waals surface area contributed by atoms with Gasteiger partial charge in [-0.2, -0.15) is 0 Å². The molecule has 0 aromatic heterocycles. The van der Waals surface area contributed by atoms with E-state index in [1.807, 2.05) is 11.0 Å². The Morgan fingerprint density at radius 3 is 2.76 bits per heavy atom. The van der Waals surface area contributed by atoms with Gasteiger partial charge in [0.1, 0.15) is 12.0 Å². The number of nitrogens with one attached hydrogen (secondary N) is 1. The molecule has 0 saturated carbocycles. The number of carbonyl (C=O) groups excluding carboxylic acids is 1. The first-order chi connectivity index (χ1) is 10.0. The molecule has 3 nitrogen and oxygen atoms in total. The molecule has 2 atom stereocenters. The van der Waals surface area contributed by atoms with Crippen LogP contribution in [0.4, 0.5) is 4.39 Å². The van der Waals surface area contributed by atoms with Gasteiger partial charge in [0.2, 0.25) is 5.91 Å². The summed E-state index contributed by atoms with van der Waals surface area (Å²) in [6, 6.07) is 6.37. The topological polar surface area (TPSA) is 32.3 Å². The molecule has 1 saturated heterocycles. The molecule has 2 unspecified atom stereocenters. The lowest BCUT2D eigenvalue weighted by molar-refractivity contribution is -0.130. The van der Waals surface area contributed by atoms with E-state index in [0.717, 1.165) is 31.4 Å². The highest BCUT2D eigenvalue weighted by Crippen LogP contribution is 2.28. The van der Waals surface area contributed by atoms with Crippen LogP contribution < -0.4 is 5.32 Å². The summed E-state index contributed by atoms with van der Waals surface area (Å²) in [5.74, 6) is 0.335. The average molecular weight is 292 g/mol. The molecule has 0 spiro atoms. The lowest BCUT2D eigenvalue weighted by Crippen LogP contribution is -2.32. The zero-order chi connectivity index (χ0) is 15.4. The minimum absolute atomic E-state index is 0.145. The Hall–Kier alpha value is -1.42. The van der Waals surface area contributed by atoms with Crippen LogP contribution in [-0.2, 0) is 4.79 Å². The summed E-state index contributed by atoms with van der Waals surface area (Å²) >= 11 is 0. The van der Waals surface area contributed by atoms with Crippen LogP contribution in [0.5, 0.6) is 0 Å². The number of unbranched alkanes of at least 4 members (excludes halogenated alkanes) is 1. The molecule has 4 heteroatoms. The average Bonchev–Trinajstić information content (AvgIpc) is 2.73. The Morgan fingerprint density at radius 2 is 2.14 bits per heavy atom. The molecule has 1 amide bonds. The first-order valence-corrected chi connectivity index (χ1v) is 7.85. The molecule has 1 aliphatic heterocycles. The van der Waals surface area contributed by atoms with E-state index in [4.69, 9.17) is 0 Å². The van der Waals surface area contributed by atoms with E-state index >= 15 is 0 Å². The molecule has 2 rings (SSSR count). The lowest BCUT2D eigenvalue weighted by Gasteiger charge is -2.24. The maximum Gasteiger partial charge on any atom is 0.241 e. The summed E-state index contributed by atoms with van der Waals surface area (Å²) in [5.41, 5.74) is 0.825. The van der Waals surface area contributed by atoms with Crippen molar-refractivity contribution < 1.29 is 9.18 Å². The number of nitrogens with zero attached hydrogens (tertiary/aromatic N) is 1. The zero-order valence-electron chi connectivity index (χ0n) is 13.1. The smallest absolute Gasteiger partial charge is 0.241 e. The molecule has 0 radical (unpaired) electrons. The molecule has 1 aromatic rings. The fourth-order valence-electron chi connectivity index (χ4n) is 2.84. The van der Waals surface area contributed by atoms with Crippen molar-refractivity contribution in [2.75, 3.05) is 6.54 Å². The molecule has 1 N–H and O–H groups in total. The van der Waals surface area contributed by atoms with Crippen molar-refractivity contribution in [3.05, 3.63) is 35.6 Å². The van der Waals surface area contributed by atoms with Crippen molar-refractivity contribution in [3.8, 4) is 0 Å². The Bertz CT molecular complexity index is 489. The molecule has 1 aromatic carbocycles. The second kappa shape index (κ2) is 7.03. The van der Waals surface area contributed by atoms with E-state index in [2.05, 4.69) is 26.1 Å². The SMILES string of the molecule is CCCCN1C(=O)C(CC(C)C)NC1c1cccc(F)c1. The third-order valence-corrected chi connectivity index (χ3v) is 3.88. The van der Waals surface area contributed by atoms with E-state index in [0.29, 0.717) is 5.92 Å². The molecular weight excluding hydrogens is 267 g/mol. The van der Waals surface area contributed by atoms with E-state index in [9.17, 15) is 9.18 Å². The fraction of sp³-hybridized carbons (Fsp3) is 0.588. The molecule has 21 heavy (non-hydrogen) atoms. The number of hydrogen-bond acceptors (Lipinski definition) is 2. The molecule has 116 valence electrons. The third kappa shape index (κ3) is 3.82. The van der Waals surface area contributed by atoms with Gasteiger partial charge in [-0.05, 0) is 36.5 Å². The van der Waals surface area contributed by atoms with Gasteiger partial charge in [-0.15, -0.1) is 0 Å². The molecule has 1 fully saturated rings. The summed E-state index contributed by atoms with van der Waals surface area (Å²) in [6.07, 6.45) is 2.61. The maximum atomic E-state index is 13.5. The highest BCUT2D eigenvalue weighted by Gasteiger charge is 2.39. The third-order valence-electron chi connectivity index (χ3n) is 3.88. The quantitative estimate of drug-likeness (QED) is 0.870. The Labute approximate surface area is 126 Å². The predicted octanol–water partition coefficient (Wildman–Crippen LogP) is 3.47. The summed E-state index contributed by atoms with van der Waals surface area (Å²) in [6.45, 7) is 7.05. The lowest BCUT2D eigenvalue weighted by atomic mass is 10.0. The number of benzene rings is 1. The first kappa shape index (κ1) is 16.0. The van der Waals surface area contributed by atoms with Crippen molar-refractivity contribution >= 4 is 5.91 Å². The van der Waals surface area contributed by atoms with Gasteiger partial charge < -0.3 is 4.90 Å². The second-order valence-electron chi connectivity index (χ2n) is 6.19. The van der Waals surface area contributed by atoms with Crippen LogP contribution in [-0.4, -0.2) is 23.4 Å². The van der Waals surface area contributed by atoms with Gasteiger partial charge in [-0.1, -0.05) is 39.3 Å². The summed E-state index contributed by atoms with van der Waals surface area (Å²) < 4.78 is 13.5. The first-order valence-electron chi connectivity index (χ1n) is 7.85. The minimum atomic E-state index is -0.260. The van der Waals surface area contributed by atoms with Crippen LogP contribution in [0.25, 0.3) is 0 Å². The van der Waals surface area contributed by atoms with E-state index < -0.39 is 0 Å². The van der Waals surface area contributed by atoms with Gasteiger partial charge in [0.15, 0.2) is 0 Å². The highest BCUT2D eigenvalue weighted by atomic mass is 19.1. The van der Waals surface area contributed by atoms with E-state index in [1.165, 1.54) is 12.1 Å². The van der Waals surface area contributed by atoms with Crippen molar-refractivity contribution in [2.24, 2.45) is 5.92 Å². The number of carbonyl (C=O) groups is 1. The number of rotatable bonds is 6. The van der Waals surface area contributed by atoms with Crippen LogP contribution in [0.2, 0.25) is 0 Å². The van der Waals surface area contributed by atoms with Crippen LogP contribution in [0.15, 0.2) is 24.3 Å². The monoisotopic (exact) mass is 292 g/mol. The Balaban J connectivity index is 2.21. The molecule has 0 aliphatic carbocycles.